The van der Waals surface area contributed by atoms with E-state index in [1.807, 2.05) is 60.7 Å². The molecule has 0 aliphatic carbocycles. The molecular weight excluding hydrogens is 346 g/mol. The van der Waals surface area contributed by atoms with E-state index in [-0.39, 0.29) is 11.9 Å². The molecule has 0 fully saturated rings. The molecule has 4 aromatic rings. The Morgan fingerprint density at radius 2 is 1.54 bits per heavy atom. The number of nitrogens with zero attached hydrogens (tertiary/aromatic N) is 2. The maximum absolute atomic E-state index is 12.4. The van der Waals surface area contributed by atoms with Crippen LogP contribution in [-0.2, 0) is 0 Å². The molecule has 1 amide bonds. The Labute approximate surface area is 155 Å². The van der Waals surface area contributed by atoms with Gasteiger partial charge < -0.3 is 0 Å². The van der Waals surface area contributed by atoms with Gasteiger partial charge >= 0.3 is 0 Å². The Hall–Kier alpha value is -3.24. The molecule has 0 spiro atoms. The minimum absolute atomic E-state index is 0.252. The zero-order valence-electron chi connectivity index (χ0n) is 13.7. The summed E-state index contributed by atoms with van der Waals surface area (Å²) in [5.41, 5.74) is 2.92. The molecule has 0 bridgehead atoms. The van der Waals surface area contributed by atoms with E-state index in [0.29, 0.717) is 16.1 Å². The Balaban J connectivity index is 1.81. The molecule has 0 aliphatic rings. The number of carbonyl (C=O) groups excluding carboxylic acids is 1. The van der Waals surface area contributed by atoms with Crippen LogP contribution in [0.15, 0.2) is 78.9 Å². The lowest BCUT2D eigenvalue weighted by molar-refractivity contribution is 0.102. The van der Waals surface area contributed by atoms with E-state index in [1.54, 1.807) is 18.2 Å². The molecule has 0 atom stereocenters. The molecule has 1 heterocycles. The van der Waals surface area contributed by atoms with E-state index in [1.165, 1.54) is 0 Å². The fourth-order valence-corrected chi connectivity index (χ4v) is 2.91. The second-order valence-electron chi connectivity index (χ2n) is 5.74. The summed E-state index contributed by atoms with van der Waals surface area (Å²) in [6.07, 6.45) is 0. The minimum Gasteiger partial charge on any atom is -0.290 e. The summed E-state index contributed by atoms with van der Waals surface area (Å²) in [7, 11) is 0. The molecule has 1 aromatic heterocycles. The van der Waals surface area contributed by atoms with E-state index in [4.69, 9.17) is 11.6 Å². The van der Waals surface area contributed by atoms with Crippen LogP contribution in [0.4, 0.5) is 5.95 Å². The van der Waals surface area contributed by atoms with Gasteiger partial charge in [0, 0.05) is 21.5 Å². The molecule has 4 rings (SSSR count). The van der Waals surface area contributed by atoms with Crippen LogP contribution in [0.25, 0.3) is 22.2 Å². The molecule has 4 nitrogen and oxygen atoms in total. The number of halogens is 1. The third-order valence-corrected chi connectivity index (χ3v) is 4.20. The number of anilines is 1. The molecule has 0 saturated heterocycles. The van der Waals surface area contributed by atoms with Crippen molar-refractivity contribution in [3.05, 3.63) is 89.4 Å². The minimum atomic E-state index is -0.252. The van der Waals surface area contributed by atoms with Gasteiger partial charge in [-0.1, -0.05) is 60.1 Å². The van der Waals surface area contributed by atoms with E-state index in [0.717, 1.165) is 16.6 Å². The van der Waals surface area contributed by atoms with Gasteiger partial charge in [-0.25, -0.2) is 9.97 Å². The van der Waals surface area contributed by atoms with Gasteiger partial charge in [-0.3, -0.25) is 10.1 Å². The number of benzene rings is 3. The van der Waals surface area contributed by atoms with Crippen LogP contribution in [0.2, 0.25) is 5.02 Å². The van der Waals surface area contributed by atoms with Crippen LogP contribution in [-0.4, -0.2) is 15.9 Å². The van der Waals surface area contributed by atoms with Crippen molar-refractivity contribution in [3.8, 4) is 11.3 Å². The van der Waals surface area contributed by atoms with Gasteiger partial charge in [-0.05, 0) is 30.3 Å². The first-order valence-corrected chi connectivity index (χ1v) is 8.47. The highest BCUT2D eigenvalue weighted by molar-refractivity contribution is 6.31. The summed E-state index contributed by atoms with van der Waals surface area (Å²) in [5, 5.41) is 4.23. The molecule has 0 aliphatic heterocycles. The maximum Gasteiger partial charge on any atom is 0.258 e. The molecule has 26 heavy (non-hydrogen) atoms. The van der Waals surface area contributed by atoms with Crippen LogP contribution in [0, 0.1) is 0 Å². The van der Waals surface area contributed by atoms with Gasteiger partial charge in [0.25, 0.3) is 5.91 Å². The van der Waals surface area contributed by atoms with Crippen molar-refractivity contribution in [2.24, 2.45) is 0 Å². The first-order chi connectivity index (χ1) is 12.7. The predicted molar refractivity (Wildman–Crippen MR) is 104 cm³/mol. The van der Waals surface area contributed by atoms with Gasteiger partial charge in [0.05, 0.1) is 11.2 Å². The summed E-state index contributed by atoms with van der Waals surface area (Å²) >= 11 is 6.16. The van der Waals surface area contributed by atoms with E-state index in [9.17, 15) is 4.79 Å². The SMILES string of the molecule is O=C(Nc1nc(-c2ccccc2)c2cc(Cl)ccc2n1)c1ccccc1. The number of fused-ring (bicyclic) bond motifs is 1. The standard InChI is InChI=1S/C21H14ClN3O/c22-16-11-12-18-17(13-16)19(14-7-3-1-4-8-14)24-21(23-18)25-20(26)15-9-5-2-6-10-15/h1-13H,(H,23,24,25,26). The quantitative estimate of drug-likeness (QED) is 0.546. The molecule has 3 aromatic carbocycles. The smallest absolute Gasteiger partial charge is 0.258 e. The van der Waals surface area contributed by atoms with Crippen molar-refractivity contribution in [3.63, 3.8) is 0 Å². The number of rotatable bonds is 3. The highest BCUT2D eigenvalue weighted by Gasteiger charge is 2.13. The molecule has 0 saturated carbocycles. The van der Waals surface area contributed by atoms with E-state index >= 15 is 0 Å². The number of hydrogen-bond acceptors (Lipinski definition) is 3. The number of nitrogens with one attached hydrogen (secondary N) is 1. The van der Waals surface area contributed by atoms with Gasteiger partial charge in [-0.2, -0.15) is 0 Å². The van der Waals surface area contributed by atoms with Crippen molar-refractivity contribution >= 4 is 34.4 Å². The lowest BCUT2D eigenvalue weighted by Gasteiger charge is -2.10. The van der Waals surface area contributed by atoms with Gasteiger partial charge in [0.2, 0.25) is 5.95 Å². The summed E-state index contributed by atoms with van der Waals surface area (Å²) in [6, 6.07) is 24.2. The monoisotopic (exact) mass is 359 g/mol. The summed E-state index contributed by atoms with van der Waals surface area (Å²) < 4.78 is 0. The van der Waals surface area contributed by atoms with Crippen LogP contribution in [0.1, 0.15) is 10.4 Å². The van der Waals surface area contributed by atoms with E-state index in [2.05, 4.69) is 15.3 Å². The second kappa shape index (κ2) is 6.94. The average molecular weight is 360 g/mol. The van der Waals surface area contributed by atoms with Crippen LogP contribution < -0.4 is 5.32 Å². The van der Waals surface area contributed by atoms with Gasteiger partial charge in [0.1, 0.15) is 0 Å². The summed E-state index contributed by atoms with van der Waals surface area (Å²) in [5.74, 6) is 0.00505. The topological polar surface area (TPSA) is 54.9 Å². The van der Waals surface area contributed by atoms with Crippen molar-refractivity contribution in [2.45, 2.75) is 0 Å². The van der Waals surface area contributed by atoms with Crippen molar-refractivity contribution in [1.29, 1.82) is 0 Å². The number of carbonyl (C=O) groups is 1. The lowest BCUT2D eigenvalue weighted by Crippen LogP contribution is -2.14. The van der Waals surface area contributed by atoms with Crippen molar-refractivity contribution in [1.82, 2.24) is 9.97 Å². The number of hydrogen-bond donors (Lipinski definition) is 1. The molecule has 5 heteroatoms. The Kier molecular flexibility index (Phi) is 4.33. The summed E-state index contributed by atoms with van der Waals surface area (Å²) in [4.78, 5) is 21.5. The zero-order valence-corrected chi connectivity index (χ0v) is 14.4. The lowest BCUT2D eigenvalue weighted by atomic mass is 10.1. The first-order valence-electron chi connectivity index (χ1n) is 8.10. The fourth-order valence-electron chi connectivity index (χ4n) is 2.74. The van der Waals surface area contributed by atoms with Crippen molar-refractivity contribution in [2.75, 3.05) is 5.32 Å². The maximum atomic E-state index is 12.4. The van der Waals surface area contributed by atoms with Crippen LogP contribution in [0.5, 0.6) is 0 Å². The normalized spacial score (nSPS) is 10.7. The molecule has 126 valence electrons. The predicted octanol–water partition coefficient (Wildman–Crippen LogP) is 5.20. The molecule has 0 unspecified atom stereocenters. The Morgan fingerprint density at radius 1 is 0.846 bits per heavy atom. The fraction of sp³-hybridized carbons (Fsp3) is 0. The highest BCUT2D eigenvalue weighted by atomic mass is 35.5. The zero-order chi connectivity index (χ0) is 17.9. The van der Waals surface area contributed by atoms with Crippen LogP contribution in [0.3, 0.4) is 0 Å². The number of amides is 1. The largest absolute Gasteiger partial charge is 0.290 e. The third kappa shape index (κ3) is 3.27. The molecule has 1 N–H and O–H groups in total. The van der Waals surface area contributed by atoms with Gasteiger partial charge in [0.15, 0.2) is 0 Å². The highest BCUT2D eigenvalue weighted by Crippen LogP contribution is 2.29. The first kappa shape index (κ1) is 16.2. The number of aromatic nitrogens is 2. The molecule has 0 radical (unpaired) electrons. The Bertz CT molecular complexity index is 1080. The van der Waals surface area contributed by atoms with Gasteiger partial charge in [-0.15, -0.1) is 0 Å². The summed E-state index contributed by atoms with van der Waals surface area (Å²) in [6.45, 7) is 0. The van der Waals surface area contributed by atoms with E-state index < -0.39 is 0 Å². The van der Waals surface area contributed by atoms with Crippen molar-refractivity contribution < 1.29 is 4.79 Å². The Morgan fingerprint density at radius 3 is 2.27 bits per heavy atom. The van der Waals surface area contributed by atoms with Crippen LogP contribution >= 0.6 is 11.6 Å². The third-order valence-electron chi connectivity index (χ3n) is 3.97. The molecular formula is C21H14ClN3O. The average Bonchev–Trinajstić information content (AvgIpc) is 2.69. The second-order valence-corrected chi connectivity index (χ2v) is 6.18.